The molecule has 0 amide bonds. The maximum atomic E-state index is 4.21. The molecule has 0 aromatic carbocycles. The number of aromatic nitrogens is 1. The number of hydrogen-bond donors (Lipinski definition) is 0. The van der Waals surface area contributed by atoms with E-state index in [0.29, 0.717) is 0 Å². The van der Waals surface area contributed by atoms with E-state index >= 15 is 0 Å². The molecule has 0 unspecified atom stereocenters. The van der Waals surface area contributed by atoms with E-state index < -0.39 is 0 Å². The van der Waals surface area contributed by atoms with E-state index in [4.69, 9.17) is 0 Å². The molecule has 0 aliphatic rings. The third-order valence-electron chi connectivity index (χ3n) is 1.56. The molecule has 0 aliphatic heterocycles. The molecule has 0 atom stereocenters. The molecular weight excluding hydrogens is 160 g/mol. The SMILES string of the molecule is C=C(C)/C=N/CCc1cccnc1. The Morgan fingerprint density at radius 1 is 1.69 bits per heavy atom. The van der Waals surface area contributed by atoms with Crippen LogP contribution in [0.15, 0.2) is 41.7 Å². The van der Waals surface area contributed by atoms with Crippen molar-refractivity contribution in [3.63, 3.8) is 0 Å². The van der Waals surface area contributed by atoms with Crippen LogP contribution in [0, 0.1) is 0 Å². The average Bonchev–Trinajstić information content (AvgIpc) is 2.14. The van der Waals surface area contributed by atoms with Crippen molar-refractivity contribution in [2.45, 2.75) is 13.3 Å². The van der Waals surface area contributed by atoms with Gasteiger partial charge >= 0.3 is 0 Å². The van der Waals surface area contributed by atoms with Gasteiger partial charge in [0.25, 0.3) is 0 Å². The lowest BCUT2D eigenvalue weighted by molar-refractivity contribution is 0.962. The summed E-state index contributed by atoms with van der Waals surface area (Å²) in [6, 6.07) is 4.00. The summed E-state index contributed by atoms with van der Waals surface area (Å²) in [5.41, 5.74) is 2.22. The molecular formula is C11H14N2. The Kier molecular flexibility index (Phi) is 3.89. The van der Waals surface area contributed by atoms with Gasteiger partial charge in [-0.05, 0) is 30.5 Å². The molecule has 0 saturated heterocycles. The van der Waals surface area contributed by atoms with Crippen LogP contribution >= 0.6 is 0 Å². The van der Waals surface area contributed by atoms with E-state index in [1.807, 2.05) is 19.2 Å². The highest BCUT2D eigenvalue weighted by atomic mass is 14.7. The highest BCUT2D eigenvalue weighted by Gasteiger charge is 1.88. The van der Waals surface area contributed by atoms with Gasteiger partial charge in [-0.25, -0.2) is 0 Å². The molecule has 0 bridgehead atoms. The highest BCUT2D eigenvalue weighted by Crippen LogP contribution is 1.96. The van der Waals surface area contributed by atoms with Gasteiger partial charge in [-0.1, -0.05) is 12.6 Å². The van der Waals surface area contributed by atoms with Crippen LogP contribution in [0.4, 0.5) is 0 Å². The number of pyridine rings is 1. The zero-order valence-corrected chi connectivity index (χ0v) is 7.90. The summed E-state index contributed by atoms with van der Waals surface area (Å²) in [5.74, 6) is 0. The highest BCUT2D eigenvalue weighted by molar-refractivity contribution is 5.76. The van der Waals surface area contributed by atoms with Crippen molar-refractivity contribution in [3.05, 3.63) is 42.2 Å². The Hall–Kier alpha value is -1.44. The summed E-state index contributed by atoms with van der Waals surface area (Å²) in [5, 5.41) is 0. The van der Waals surface area contributed by atoms with Gasteiger partial charge in [0.05, 0.1) is 0 Å². The average molecular weight is 174 g/mol. The summed E-state index contributed by atoms with van der Waals surface area (Å²) in [6.07, 6.45) is 6.39. The van der Waals surface area contributed by atoms with Gasteiger partial charge in [0, 0.05) is 25.2 Å². The van der Waals surface area contributed by atoms with Crippen LogP contribution < -0.4 is 0 Å². The minimum atomic E-state index is 0.804. The molecule has 0 radical (unpaired) electrons. The first-order valence-electron chi connectivity index (χ1n) is 4.33. The molecule has 13 heavy (non-hydrogen) atoms. The van der Waals surface area contributed by atoms with Crippen LogP contribution in [-0.4, -0.2) is 17.7 Å². The zero-order valence-electron chi connectivity index (χ0n) is 7.90. The van der Waals surface area contributed by atoms with Crippen molar-refractivity contribution < 1.29 is 0 Å². The summed E-state index contributed by atoms with van der Waals surface area (Å²) in [7, 11) is 0. The number of allylic oxidation sites excluding steroid dienone is 1. The fraction of sp³-hybridized carbons (Fsp3) is 0.273. The van der Waals surface area contributed by atoms with Crippen LogP contribution in [0.3, 0.4) is 0 Å². The molecule has 2 heteroatoms. The van der Waals surface area contributed by atoms with Crippen molar-refractivity contribution in [3.8, 4) is 0 Å². The fourth-order valence-electron chi connectivity index (χ4n) is 0.960. The van der Waals surface area contributed by atoms with E-state index in [-0.39, 0.29) is 0 Å². The first-order chi connectivity index (χ1) is 6.29. The Labute approximate surface area is 79.0 Å². The van der Waals surface area contributed by atoms with Crippen molar-refractivity contribution in [1.29, 1.82) is 0 Å². The third kappa shape index (κ3) is 4.21. The van der Waals surface area contributed by atoms with E-state index in [1.54, 1.807) is 12.4 Å². The Balaban J connectivity index is 2.32. The number of hydrogen-bond acceptors (Lipinski definition) is 2. The van der Waals surface area contributed by atoms with Gasteiger partial charge in [-0.15, -0.1) is 0 Å². The Morgan fingerprint density at radius 3 is 3.15 bits per heavy atom. The number of rotatable bonds is 4. The van der Waals surface area contributed by atoms with Crippen molar-refractivity contribution >= 4 is 6.21 Å². The van der Waals surface area contributed by atoms with Crippen LogP contribution in [0.1, 0.15) is 12.5 Å². The van der Waals surface area contributed by atoms with Gasteiger partial charge in [0.1, 0.15) is 0 Å². The third-order valence-corrected chi connectivity index (χ3v) is 1.56. The number of nitrogens with zero attached hydrogens (tertiary/aromatic N) is 2. The van der Waals surface area contributed by atoms with Crippen LogP contribution in [0.5, 0.6) is 0 Å². The molecule has 2 nitrogen and oxygen atoms in total. The normalized spacial score (nSPS) is 10.5. The predicted octanol–water partition coefficient (Wildman–Crippen LogP) is 2.27. The molecule has 0 fully saturated rings. The molecule has 0 saturated carbocycles. The first kappa shape index (κ1) is 9.65. The Morgan fingerprint density at radius 2 is 2.54 bits per heavy atom. The monoisotopic (exact) mass is 174 g/mol. The lowest BCUT2D eigenvalue weighted by atomic mass is 10.2. The maximum Gasteiger partial charge on any atom is 0.0430 e. The predicted molar refractivity (Wildman–Crippen MR) is 56.1 cm³/mol. The van der Waals surface area contributed by atoms with E-state index in [0.717, 1.165) is 18.5 Å². The smallest absolute Gasteiger partial charge is 0.0430 e. The van der Waals surface area contributed by atoms with Crippen molar-refractivity contribution in [1.82, 2.24) is 4.98 Å². The Bertz CT molecular complexity index is 288. The largest absolute Gasteiger partial charge is 0.293 e. The summed E-state index contributed by atoms with van der Waals surface area (Å²) >= 11 is 0. The molecule has 0 spiro atoms. The van der Waals surface area contributed by atoms with Crippen molar-refractivity contribution in [2.75, 3.05) is 6.54 Å². The van der Waals surface area contributed by atoms with Crippen LogP contribution in [0.25, 0.3) is 0 Å². The summed E-state index contributed by atoms with van der Waals surface area (Å²) < 4.78 is 0. The topological polar surface area (TPSA) is 25.2 Å². The quantitative estimate of drug-likeness (QED) is 0.643. The van der Waals surface area contributed by atoms with E-state index in [9.17, 15) is 0 Å². The summed E-state index contributed by atoms with van der Waals surface area (Å²) in [6.45, 7) is 6.48. The molecule has 1 aromatic heterocycles. The molecule has 1 heterocycles. The molecule has 1 aromatic rings. The summed E-state index contributed by atoms with van der Waals surface area (Å²) in [4.78, 5) is 8.24. The van der Waals surface area contributed by atoms with Crippen LogP contribution in [-0.2, 0) is 6.42 Å². The van der Waals surface area contributed by atoms with Gasteiger partial charge in [0.2, 0.25) is 0 Å². The first-order valence-corrected chi connectivity index (χ1v) is 4.33. The standard InChI is InChI=1S/C11H14N2/c1-10(2)8-13-7-5-11-4-3-6-12-9-11/h3-4,6,8-9H,1,5,7H2,2H3/b13-8+. The second-order valence-electron chi connectivity index (χ2n) is 2.99. The lowest BCUT2D eigenvalue weighted by Gasteiger charge is -1.95. The minimum Gasteiger partial charge on any atom is -0.293 e. The second-order valence-corrected chi connectivity index (χ2v) is 2.99. The fourth-order valence-corrected chi connectivity index (χ4v) is 0.960. The molecule has 68 valence electrons. The zero-order chi connectivity index (χ0) is 9.52. The van der Waals surface area contributed by atoms with Gasteiger partial charge in [-0.3, -0.25) is 9.98 Å². The van der Waals surface area contributed by atoms with Gasteiger partial charge < -0.3 is 0 Å². The van der Waals surface area contributed by atoms with Crippen molar-refractivity contribution in [2.24, 2.45) is 4.99 Å². The van der Waals surface area contributed by atoms with Gasteiger partial charge in [-0.2, -0.15) is 0 Å². The lowest BCUT2D eigenvalue weighted by Crippen LogP contribution is -1.90. The number of aliphatic imine (C=N–C) groups is 1. The molecule has 0 aliphatic carbocycles. The van der Waals surface area contributed by atoms with E-state index in [1.165, 1.54) is 5.56 Å². The molecule has 0 N–H and O–H groups in total. The second kappa shape index (κ2) is 5.25. The van der Waals surface area contributed by atoms with E-state index in [2.05, 4.69) is 22.6 Å². The van der Waals surface area contributed by atoms with Gasteiger partial charge in [0.15, 0.2) is 0 Å². The minimum absolute atomic E-state index is 0.804. The maximum absolute atomic E-state index is 4.21. The van der Waals surface area contributed by atoms with Crippen LogP contribution in [0.2, 0.25) is 0 Å². The molecule has 1 rings (SSSR count).